The average molecular weight is 514 g/mol. The van der Waals surface area contributed by atoms with Crippen molar-refractivity contribution in [2.45, 2.75) is 39.0 Å². The molecule has 194 valence electrons. The van der Waals surface area contributed by atoms with Crippen LogP contribution in [0.4, 0.5) is 18.9 Å². The van der Waals surface area contributed by atoms with Crippen LogP contribution in [-0.2, 0) is 22.3 Å². The second-order valence-electron chi connectivity index (χ2n) is 8.94. The third kappa shape index (κ3) is 5.99. The number of carbonyl (C=O) groups excluding carboxylic acids is 2. The molecule has 0 aliphatic heterocycles. The molecule has 2 aromatic heterocycles. The molecule has 11 heteroatoms. The Labute approximate surface area is 211 Å². The van der Waals surface area contributed by atoms with Crippen LogP contribution < -0.4 is 10.2 Å². The summed E-state index contributed by atoms with van der Waals surface area (Å²) >= 11 is 0. The van der Waals surface area contributed by atoms with Gasteiger partial charge in [-0.15, -0.1) is 5.10 Å². The largest absolute Gasteiger partial charge is 0.467 e. The quantitative estimate of drug-likeness (QED) is 0.341. The zero-order valence-electron chi connectivity index (χ0n) is 20.3. The zero-order chi connectivity index (χ0) is 26.6. The van der Waals surface area contributed by atoms with Crippen LogP contribution >= 0.6 is 0 Å². The topological polar surface area (TPSA) is 93.3 Å². The van der Waals surface area contributed by atoms with Crippen molar-refractivity contribution in [1.29, 1.82) is 0 Å². The molecule has 8 nitrogen and oxygen atoms in total. The van der Waals surface area contributed by atoms with Crippen molar-refractivity contribution in [1.82, 2.24) is 20.3 Å². The lowest BCUT2D eigenvalue weighted by atomic mass is 10.1. The van der Waals surface area contributed by atoms with E-state index < -0.39 is 29.6 Å². The number of nitrogens with one attached hydrogen (secondary N) is 1. The van der Waals surface area contributed by atoms with Crippen molar-refractivity contribution in [3.63, 3.8) is 0 Å². The fraction of sp³-hybridized carbons (Fsp3) is 0.308. The van der Waals surface area contributed by atoms with Gasteiger partial charge in [-0.1, -0.05) is 37.3 Å². The second kappa shape index (κ2) is 10.9. The summed E-state index contributed by atoms with van der Waals surface area (Å²) in [6.45, 7) is 3.95. The number of amides is 2. The van der Waals surface area contributed by atoms with E-state index in [-0.39, 0.29) is 18.0 Å². The summed E-state index contributed by atoms with van der Waals surface area (Å²) in [6.07, 6.45) is -2.63. The third-order valence-corrected chi connectivity index (χ3v) is 5.77. The van der Waals surface area contributed by atoms with Gasteiger partial charge in [-0.25, -0.2) is 4.68 Å². The number of rotatable bonds is 9. The summed E-state index contributed by atoms with van der Waals surface area (Å²) in [6, 6.07) is 13.0. The molecular weight excluding hydrogens is 487 g/mol. The number of fused-ring (bicyclic) bond motifs is 1. The lowest BCUT2D eigenvalue weighted by molar-refractivity contribution is -0.137. The van der Waals surface area contributed by atoms with Gasteiger partial charge in [-0.2, -0.15) is 13.2 Å². The van der Waals surface area contributed by atoms with Gasteiger partial charge in [0.15, 0.2) is 6.04 Å². The number of benzene rings is 2. The third-order valence-electron chi connectivity index (χ3n) is 5.77. The van der Waals surface area contributed by atoms with Gasteiger partial charge >= 0.3 is 6.18 Å². The summed E-state index contributed by atoms with van der Waals surface area (Å²) in [4.78, 5) is 28.2. The van der Waals surface area contributed by atoms with Crippen LogP contribution in [0.15, 0.2) is 71.3 Å². The van der Waals surface area contributed by atoms with Crippen LogP contribution in [0.1, 0.15) is 37.6 Å². The number of para-hydroxylation sites is 1. The summed E-state index contributed by atoms with van der Waals surface area (Å²) < 4.78 is 47.5. The van der Waals surface area contributed by atoms with Crippen LogP contribution in [0.2, 0.25) is 0 Å². The van der Waals surface area contributed by atoms with Crippen molar-refractivity contribution in [2.75, 3.05) is 11.4 Å². The first-order valence-electron chi connectivity index (χ1n) is 11.7. The molecule has 0 radical (unpaired) electrons. The number of alkyl halides is 3. The van der Waals surface area contributed by atoms with E-state index in [1.54, 1.807) is 30.3 Å². The zero-order valence-corrected chi connectivity index (χ0v) is 20.3. The van der Waals surface area contributed by atoms with Crippen molar-refractivity contribution in [2.24, 2.45) is 5.92 Å². The molecule has 2 amide bonds. The molecule has 37 heavy (non-hydrogen) atoms. The van der Waals surface area contributed by atoms with Crippen LogP contribution in [0.5, 0.6) is 0 Å². The minimum Gasteiger partial charge on any atom is -0.467 e. The normalized spacial score (nSPS) is 12.6. The highest BCUT2D eigenvalue weighted by Gasteiger charge is 2.37. The minimum absolute atomic E-state index is 0.107. The van der Waals surface area contributed by atoms with Gasteiger partial charge in [0.25, 0.3) is 5.91 Å². The predicted octanol–water partition coefficient (Wildman–Crippen LogP) is 4.98. The van der Waals surface area contributed by atoms with Gasteiger partial charge in [0.2, 0.25) is 5.91 Å². The first-order valence-corrected chi connectivity index (χ1v) is 11.7. The minimum atomic E-state index is -4.65. The summed E-state index contributed by atoms with van der Waals surface area (Å²) in [5.41, 5.74) is 0.0581. The molecule has 1 unspecified atom stereocenters. The highest BCUT2D eigenvalue weighted by Crippen LogP contribution is 2.35. The fourth-order valence-corrected chi connectivity index (χ4v) is 3.91. The molecule has 0 bridgehead atoms. The molecule has 0 saturated carbocycles. The number of nitrogens with zero attached hydrogens (tertiary/aromatic N) is 4. The maximum atomic E-state index is 13.8. The molecule has 2 heterocycles. The van der Waals surface area contributed by atoms with Gasteiger partial charge in [0, 0.05) is 12.2 Å². The van der Waals surface area contributed by atoms with E-state index in [0.29, 0.717) is 29.9 Å². The molecule has 4 aromatic rings. The average Bonchev–Trinajstić information content (AvgIpc) is 3.52. The molecule has 4 rings (SSSR count). The summed E-state index contributed by atoms with van der Waals surface area (Å²) in [7, 11) is 0. The smallest absolute Gasteiger partial charge is 0.416 e. The maximum Gasteiger partial charge on any atom is 0.416 e. The summed E-state index contributed by atoms with van der Waals surface area (Å²) in [5, 5.41) is 10.8. The van der Waals surface area contributed by atoms with Crippen molar-refractivity contribution in [3.8, 4) is 0 Å². The highest BCUT2D eigenvalue weighted by molar-refractivity contribution is 6.01. The van der Waals surface area contributed by atoms with E-state index in [1.807, 2.05) is 13.8 Å². The number of furan rings is 1. The highest BCUT2D eigenvalue weighted by atomic mass is 19.4. The van der Waals surface area contributed by atoms with E-state index in [1.165, 1.54) is 29.1 Å². The number of aromatic nitrogens is 3. The Balaban J connectivity index is 1.77. The first kappa shape index (κ1) is 25.9. The Kier molecular flexibility index (Phi) is 7.61. The van der Waals surface area contributed by atoms with E-state index in [4.69, 9.17) is 4.42 Å². The van der Waals surface area contributed by atoms with E-state index in [2.05, 4.69) is 15.6 Å². The Hall–Kier alpha value is -4.15. The van der Waals surface area contributed by atoms with Crippen molar-refractivity contribution >= 4 is 28.5 Å². The molecular formula is C26H26F3N5O3. The van der Waals surface area contributed by atoms with Gasteiger partial charge in [-0.05, 0) is 54.8 Å². The molecule has 0 aliphatic carbocycles. The molecule has 1 atom stereocenters. The second-order valence-corrected chi connectivity index (χ2v) is 8.94. The molecule has 0 saturated heterocycles. The standard InChI is InChI=1S/C26H26F3N5O3/c1-17(2)12-13-30-25(36)24(22-11-6-14-37-22)34(19-8-5-7-18(15-19)26(27,28)29)23(35)16-33-21-10-4-3-9-20(21)31-32-33/h3-11,14-15,17,24H,12-13,16H2,1-2H3,(H,30,36). The van der Waals surface area contributed by atoms with Crippen LogP contribution in [0, 0.1) is 5.92 Å². The number of hydrogen-bond acceptors (Lipinski definition) is 5. The SMILES string of the molecule is CC(C)CCNC(=O)C(c1ccco1)N(C(=O)Cn1nnc2ccccc21)c1cccc(C(F)(F)F)c1. The van der Waals surface area contributed by atoms with Gasteiger partial charge in [0.05, 0.1) is 17.3 Å². The molecule has 0 fully saturated rings. The number of hydrogen-bond donors (Lipinski definition) is 1. The monoisotopic (exact) mass is 513 g/mol. The summed E-state index contributed by atoms with van der Waals surface area (Å²) in [5.74, 6) is -0.833. The molecule has 0 aliphatic rings. The van der Waals surface area contributed by atoms with Crippen LogP contribution in [0.25, 0.3) is 11.0 Å². The predicted molar refractivity (Wildman–Crippen MR) is 130 cm³/mol. The Morgan fingerprint density at radius 3 is 2.57 bits per heavy atom. The van der Waals surface area contributed by atoms with Crippen molar-refractivity contribution in [3.05, 3.63) is 78.3 Å². The van der Waals surface area contributed by atoms with Gasteiger partial charge in [-0.3, -0.25) is 14.5 Å². The Bertz CT molecular complexity index is 1370. The lowest BCUT2D eigenvalue weighted by Gasteiger charge is -2.30. The van der Waals surface area contributed by atoms with E-state index in [0.717, 1.165) is 17.0 Å². The lowest BCUT2D eigenvalue weighted by Crippen LogP contribution is -2.45. The first-order chi connectivity index (χ1) is 17.6. The molecule has 2 aromatic carbocycles. The van der Waals surface area contributed by atoms with E-state index in [9.17, 15) is 22.8 Å². The molecule has 0 spiro atoms. The van der Waals surface area contributed by atoms with Crippen LogP contribution in [0.3, 0.4) is 0 Å². The van der Waals surface area contributed by atoms with Crippen LogP contribution in [-0.4, -0.2) is 33.4 Å². The Morgan fingerprint density at radius 1 is 1.08 bits per heavy atom. The number of halogens is 3. The Morgan fingerprint density at radius 2 is 1.86 bits per heavy atom. The van der Waals surface area contributed by atoms with Gasteiger partial charge in [0.1, 0.15) is 17.8 Å². The molecule has 1 N–H and O–H groups in total. The van der Waals surface area contributed by atoms with Crippen molar-refractivity contribution < 1.29 is 27.2 Å². The number of carbonyl (C=O) groups is 2. The fourth-order valence-electron chi connectivity index (χ4n) is 3.91. The van der Waals surface area contributed by atoms with E-state index >= 15 is 0 Å². The maximum absolute atomic E-state index is 13.8. The number of anilines is 1. The van der Waals surface area contributed by atoms with Gasteiger partial charge < -0.3 is 9.73 Å².